The number of rotatable bonds is 4. The molecule has 0 fully saturated rings. The molecular formula is C17H15N7OS. The molecule has 4 heterocycles. The van der Waals surface area contributed by atoms with Gasteiger partial charge in [-0.05, 0) is 37.4 Å². The molecule has 0 radical (unpaired) electrons. The zero-order chi connectivity index (χ0) is 18.1. The van der Waals surface area contributed by atoms with E-state index in [1.807, 2.05) is 37.4 Å². The number of hydrogen-bond acceptors (Lipinski definition) is 6. The molecule has 0 aliphatic carbocycles. The van der Waals surface area contributed by atoms with Gasteiger partial charge < -0.3 is 5.32 Å². The van der Waals surface area contributed by atoms with Crippen LogP contribution in [0.1, 0.15) is 21.9 Å². The number of carbonyl (C=O) groups is 1. The van der Waals surface area contributed by atoms with Gasteiger partial charge in [-0.2, -0.15) is 10.2 Å². The Morgan fingerprint density at radius 1 is 1.23 bits per heavy atom. The molecule has 4 aromatic rings. The van der Waals surface area contributed by atoms with Crippen LogP contribution in [0.4, 0.5) is 5.82 Å². The highest BCUT2D eigenvalue weighted by Gasteiger charge is 2.14. The van der Waals surface area contributed by atoms with Crippen molar-refractivity contribution in [3.8, 4) is 16.4 Å². The lowest BCUT2D eigenvalue weighted by Crippen LogP contribution is -2.14. The van der Waals surface area contributed by atoms with Crippen LogP contribution >= 0.6 is 11.3 Å². The molecule has 4 aromatic heterocycles. The first-order valence-corrected chi connectivity index (χ1v) is 8.74. The lowest BCUT2D eigenvalue weighted by Gasteiger charge is -2.06. The van der Waals surface area contributed by atoms with Crippen LogP contribution in [0.3, 0.4) is 0 Å². The van der Waals surface area contributed by atoms with Gasteiger partial charge in [0.05, 0.1) is 16.3 Å². The van der Waals surface area contributed by atoms with E-state index in [-0.39, 0.29) is 5.91 Å². The van der Waals surface area contributed by atoms with Crippen LogP contribution in [0.15, 0.2) is 42.0 Å². The number of hydrogen-bond donors (Lipinski definition) is 2. The highest BCUT2D eigenvalue weighted by atomic mass is 32.1. The number of carbonyl (C=O) groups excluding carboxylic acids is 1. The summed E-state index contributed by atoms with van der Waals surface area (Å²) in [6, 6.07) is 9.25. The molecule has 0 unspecified atom stereocenters. The van der Waals surface area contributed by atoms with Crippen LogP contribution in [0.25, 0.3) is 16.4 Å². The molecule has 0 spiro atoms. The molecule has 130 valence electrons. The number of thiophene rings is 1. The Bertz CT molecular complexity index is 1060. The van der Waals surface area contributed by atoms with E-state index in [0.717, 1.165) is 22.0 Å². The smallest absolute Gasteiger partial charge is 0.277 e. The summed E-state index contributed by atoms with van der Waals surface area (Å²) in [6.45, 7) is 3.85. The largest absolute Gasteiger partial charge is 0.305 e. The molecule has 1 amide bonds. The molecule has 9 heteroatoms. The molecule has 8 nitrogen and oxygen atoms in total. The van der Waals surface area contributed by atoms with Gasteiger partial charge in [-0.3, -0.25) is 9.89 Å². The second-order valence-electron chi connectivity index (χ2n) is 5.70. The molecule has 0 bridgehead atoms. The molecule has 0 saturated heterocycles. The topological polar surface area (TPSA) is 101 Å². The summed E-state index contributed by atoms with van der Waals surface area (Å²) < 4.78 is 1.70. The van der Waals surface area contributed by atoms with Gasteiger partial charge in [-0.1, -0.05) is 6.07 Å². The molecule has 0 atom stereocenters. The van der Waals surface area contributed by atoms with Gasteiger partial charge in [0, 0.05) is 11.8 Å². The number of aromatic nitrogens is 6. The Kier molecular flexibility index (Phi) is 4.05. The van der Waals surface area contributed by atoms with Gasteiger partial charge in [0.1, 0.15) is 12.1 Å². The first-order valence-electron chi connectivity index (χ1n) is 7.86. The van der Waals surface area contributed by atoms with Crippen LogP contribution in [-0.4, -0.2) is 35.9 Å². The highest BCUT2D eigenvalue weighted by Crippen LogP contribution is 2.23. The van der Waals surface area contributed by atoms with Crippen molar-refractivity contribution in [2.45, 2.75) is 13.8 Å². The van der Waals surface area contributed by atoms with E-state index in [2.05, 4.69) is 30.6 Å². The number of nitrogens with zero attached hydrogens (tertiary/aromatic N) is 5. The number of amides is 1. The predicted octanol–water partition coefficient (Wildman–Crippen LogP) is 2.98. The molecule has 0 saturated carbocycles. The third-order valence-electron chi connectivity index (χ3n) is 3.72. The average Bonchev–Trinajstić information content (AvgIpc) is 3.35. The van der Waals surface area contributed by atoms with Crippen LogP contribution in [0.5, 0.6) is 0 Å². The number of H-pyrrole nitrogens is 1. The van der Waals surface area contributed by atoms with Crippen molar-refractivity contribution in [1.29, 1.82) is 0 Å². The van der Waals surface area contributed by atoms with E-state index < -0.39 is 0 Å². The van der Waals surface area contributed by atoms with Crippen LogP contribution in [0, 0.1) is 13.8 Å². The Balaban J connectivity index is 1.55. The van der Waals surface area contributed by atoms with Gasteiger partial charge >= 0.3 is 0 Å². The summed E-state index contributed by atoms with van der Waals surface area (Å²) in [5.41, 5.74) is 2.94. The Morgan fingerprint density at radius 3 is 2.85 bits per heavy atom. The lowest BCUT2D eigenvalue weighted by molar-refractivity contribution is 0.102. The zero-order valence-corrected chi connectivity index (χ0v) is 14.9. The second kappa shape index (κ2) is 6.52. The van der Waals surface area contributed by atoms with Crippen molar-refractivity contribution in [3.63, 3.8) is 0 Å². The van der Waals surface area contributed by atoms with E-state index in [1.165, 1.54) is 6.33 Å². The first-order chi connectivity index (χ1) is 12.6. The maximum Gasteiger partial charge on any atom is 0.277 e. The van der Waals surface area contributed by atoms with E-state index in [9.17, 15) is 4.79 Å². The molecule has 0 aromatic carbocycles. The molecular weight excluding hydrogens is 350 g/mol. The number of aromatic amines is 1. The molecule has 0 aliphatic heterocycles. The maximum atomic E-state index is 12.4. The Labute approximate surface area is 152 Å². The SMILES string of the molecule is Cc1cc(C)n(-c2cc(NC(=O)c3cc(-c4cccs4)[nH]n3)ncn2)n1. The van der Waals surface area contributed by atoms with Crippen molar-refractivity contribution < 1.29 is 4.79 Å². The van der Waals surface area contributed by atoms with E-state index in [1.54, 1.807) is 28.2 Å². The number of anilines is 1. The zero-order valence-electron chi connectivity index (χ0n) is 14.1. The van der Waals surface area contributed by atoms with E-state index in [0.29, 0.717) is 17.3 Å². The highest BCUT2D eigenvalue weighted by molar-refractivity contribution is 7.13. The summed E-state index contributed by atoms with van der Waals surface area (Å²) >= 11 is 1.57. The normalized spacial score (nSPS) is 10.8. The summed E-state index contributed by atoms with van der Waals surface area (Å²) in [5.74, 6) is 0.623. The minimum absolute atomic E-state index is 0.291. The number of aryl methyl sites for hydroxylation is 2. The Morgan fingerprint density at radius 2 is 2.12 bits per heavy atom. The second-order valence-corrected chi connectivity index (χ2v) is 6.65. The van der Waals surface area contributed by atoms with Crippen molar-refractivity contribution in [2.24, 2.45) is 0 Å². The fourth-order valence-electron chi connectivity index (χ4n) is 2.57. The standard InChI is InChI=1S/C17H15N7OS/c1-10-6-11(2)24(23-10)16-8-15(18-9-19-16)20-17(25)13-7-12(21-22-13)14-4-3-5-26-14/h3-9H,1-2H3,(H,21,22)(H,18,19,20,25). The average molecular weight is 365 g/mol. The van der Waals surface area contributed by atoms with Gasteiger partial charge in [0.15, 0.2) is 11.5 Å². The maximum absolute atomic E-state index is 12.4. The Hall–Kier alpha value is -3.33. The summed E-state index contributed by atoms with van der Waals surface area (Å²) in [4.78, 5) is 21.8. The molecule has 0 aliphatic rings. The number of nitrogens with one attached hydrogen (secondary N) is 2. The van der Waals surface area contributed by atoms with Crippen LogP contribution in [-0.2, 0) is 0 Å². The predicted molar refractivity (Wildman–Crippen MR) is 98.5 cm³/mol. The lowest BCUT2D eigenvalue weighted by atomic mass is 10.3. The fourth-order valence-corrected chi connectivity index (χ4v) is 3.26. The molecule has 4 rings (SSSR count). The quantitative estimate of drug-likeness (QED) is 0.579. The monoisotopic (exact) mass is 365 g/mol. The third-order valence-corrected chi connectivity index (χ3v) is 4.62. The van der Waals surface area contributed by atoms with E-state index >= 15 is 0 Å². The third kappa shape index (κ3) is 3.11. The molecule has 26 heavy (non-hydrogen) atoms. The minimum Gasteiger partial charge on any atom is -0.305 e. The van der Waals surface area contributed by atoms with Gasteiger partial charge in [-0.15, -0.1) is 11.3 Å². The van der Waals surface area contributed by atoms with Crippen molar-refractivity contribution in [2.75, 3.05) is 5.32 Å². The fraction of sp³-hybridized carbons (Fsp3) is 0.118. The molecule has 2 N–H and O–H groups in total. The van der Waals surface area contributed by atoms with Crippen molar-refractivity contribution in [1.82, 2.24) is 29.9 Å². The van der Waals surface area contributed by atoms with Gasteiger partial charge in [0.25, 0.3) is 5.91 Å². The summed E-state index contributed by atoms with van der Waals surface area (Å²) in [6.07, 6.45) is 1.39. The van der Waals surface area contributed by atoms with Crippen LogP contribution < -0.4 is 5.32 Å². The minimum atomic E-state index is -0.345. The van der Waals surface area contributed by atoms with Crippen molar-refractivity contribution in [3.05, 3.63) is 59.1 Å². The van der Waals surface area contributed by atoms with Crippen LogP contribution in [0.2, 0.25) is 0 Å². The van der Waals surface area contributed by atoms with Crippen molar-refractivity contribution >= 4 is 23.1 Å². The first kappa shape index (κ1) is 16.2. The summed E-state index contributed by atoms with van der Waals surface area (Å²) in [7, 11) is 0. The van der Waals surface area contributed by atoms with Gasteiger partial charge in [-0.25, -0.2) is 14.6 Å². The summed E-state index contributed by atoms with van der Waals surface area (Å²) in [5, 5.41) is 16.1. The van der Waals surface area contributed by atoms with E-state index in [4.69, 9.17) is 0 Å². The van der Waals surface area contributed by atoms with Gasteiger partial charge in [0.2, 0.25) is 0 Å².